The van der Waals surface area contributed by atoms with E-state index in [0.29, 0.717) is 10.8 Å². The van der Waals surface area contributed by atoms with E-state index in [1.165, 1.54) is 5.56 Å². The van der Waals surface area contributed by atoms with Gasteiger partial charge < -0.3 is 5.73 Å². The van der Waals surface area contributed by atoms with E-state index in [-0.39, 0.29) is 0 Å². The van der Waals surface area contributed by atoms with E-state index < -0.39 is 0 Å². The Morgan fingerprint density at radius 3 is 3.07 bits per heavy atom. The third kappa shape index (κ3) is 2.05. The van der Waals surface area contributed by atoms with Crippen LogP contribution in [0.15, 0.2) is 29.1 Å². The molecule has 0 amide bonds. The molecule has 0 spiro atoms. The number of hydrogen-bond acceptors (Lipinski definition) is 3. The Bertz CT molecular complexity index is 426. The minimum absolute atomic E-state index is 0.556. The molecular formula is C10H9ClN2S. The van der Waals surface area contributed by atoms with Crippen molar-refractivity contribution in [2.24, 2.45) is 0 Å². The molecule has 2 nitrogen and oxygen atoms in total. The SMILES string of the molecule is Nc1ncc(Cl)cc1Cc1ccsc1. The van der Waals surface area contributed by atoms with Gasteiger partial charge in [0.1, 0.15) is 5.82 Å². The number of nitrogens with two attached hydrogens (primary N) is 1. The Morgan fingerprint density at radius 2 is 2.36 bits per heavy atom. The Balaban J connectivity index is 2.28. The highest BCUT2D eigenvalue weighted by Crippen LogP contribution is 2.19. The first-order valence-corrected chi connectivity index (χ1v) is 5.49. The van der Waals surface area contributed by atoms with Crippen molar-refractivity contribution in [1.29, 1.82) is 0 Å². The summed E-state index contributed by atoms with van der Waals surface area (Å²) in [5.41, 5.74) is 7.96. The lowest BCUT2D eigenvalue weighted by atomic mass is 10.1. The van der Waals surface area contributed by atoms with Crippen LogP contribution in [0.25, 0.3) is 0 Å². The molecular weight excluding hydrogens is 216 g/mol. The van der Waals surface area contributed by atoms with Crippen molar-refractivity contribution in [3.8, 4) is 0 Å². The van der Waals surface area contributed by atoms with E-state index in [9.17, 15) is 0 Å². The summed E-state index contributed by atoms with van der Waals surface area (Å²) < 4.78 is 0. The number of hydrogen-bond donors (Lipinski definition) is 1. The lowest BCUT2D eigenvalue weighted by Crippen LogP contribution is -1.97. The molecule has 0 aliphatic carbocycles. The number of anilines is 1. The molecule has 72 valence electrons. The van der Waals surface area contributed by atoms with Gasteiger partial charge in [0.05, 0.1) is 5.02 Å². The van der Waals surface area contributed by atoms with E-state index in [4.69, 9.17) is 17.3 Å². The van der Waals surface area contributed by atoms with Crippen LogP contribution in [-0.2, 0) is 6.42 Å². The molecule has 0 aliphatic rings. The van der Waals surface area contributed by atoms with Crippen LogP contribution < -0.4 is 5.73 Å². The molecule has 0 fully saturated rings. The van der Waals surface area contributed by atoms with Crippen molar-refractivity contribution < 1.29 is 0 Å². The van der Waals surface area contributed by atoms with Gasteiger partial charge in [-0.1, -0.05) is 11.6 Å². The van der Waals surface area contributed by atoms with Crippen LogP contribution in [0.3, 0.4) is 0 Å². The van der Waals surface area contributed by atoms with E-state index in [0.717, 1.165) is 12.0 Å². The number of halogens is 1. The molecule has 2 aromatic rings. The molecule has 0 radical (unpaired) electrons. The van der Waals surface area contributed by atoms with E-state index in [1.807, 2.05) is 11.4 Å². The lowest BCUT2D eigenvalue weighted by molar-refractivity contribution is 1.17. The lowest BCUT2D eigenvalue weighted by Gasteiger charge is -2.03. The van der Waals surface area contributed by atoms with Gasteiger partial charge in [-0.2, -0.15) is 11.3 Å². The van der Waals surface area contributed by atoms with E-state index >= 15 is 0 Å². The van der Waals surface area contributed by atoms with Gasteiger partial charge in [0.25, 0.3) is 0 Å². The largest absolute Gasteiger partial charge is 0.383 e. The molecule has 4 heteroatoms. The maximum absolute atomic E-state index is 5.84. The Labute approximate surface area is 91.4 Å². The summed E-state index contributed by atoms with van der Waals surface area (Å²) in [6, 6.07) is 3.94. The van der Waals surface area contributed by atoms with Gasteiger partial charge in [0.15, 0.2) is 0 Å². The molecule has 0 saturated heterocycles. The second-order valence-corrected chi connectivity index (χ2v) is 4.22. The monoisotopic (exact) mass is 224 g/mol. The Hall–Kier alpha value is -1.06. The zero-order chi connectivity index (χ0) is 9.97. The van der Waals surface area contributed by atoms with Crippen molar-refractivity contribution in [2.45, 2.75) is 6.42 Å². The predicted molar refractivity (Wildman–Crippen MR) is 60.8 cm³/mol. The van der Waals surface area contributed by atoms with Gasteiger partial charge in [-0.25, -0.2) is 4.98 Å². The highest BCUT2D eigenvalue weighted by molar-refractivity contribution is 7.07. The van der Waals surface area contributed by atoms with Crippen LogP contribution in [0.1, 0.15) is 11.1 Å². The number of thiophene rings is 1. The number of rotatable bonds is 2. The van der Waals surface area contributed by atoms with Crippen LogP contribution >= 0.6 is 22.9 Å². The standard InChI is InChI=1S/C10H9ClN2S/c11-9-4-8(10(12)13-5-9)3-7-1-2-14-6-7/h1-2,4-6H,3H2,(H2,12,13). The molecule has 0 bridgehead atoms. The molecule has 2 N–H and O–H groups in total. The molecule has 0 unspecified atom stereocenters. The van der Waals surface area contributed by atoms with Gasteiger partial charge in [-0.05, 0) is 28.5 Å². The average molecular weight is 225 g/mol. The highest BCUT2D eigenvalue weighted by Gasteiger charge is 2.03. The molecule has 0 aliphatic heterocycles. The van der Waals surface area contributed by atoms with Gasteiger partial charge in [0, 0.05) is 18.2 Å². The molecule has 0 saturated carbocycles. The maximum Gasteiger partial charge on any atom is 0.126 e. The molecule has 2 aromatic heterocycles. The fraction of sp³-hybridized carbons (Fsp3) is 0.100. The number of aromatic nitrogens is 1. The Morgan fingerprint density at radius 1 is 1.50 bits per heavy atom. The van der Waals surface area contributed by atoms with Gasteiger partial charge >= 0.3 is 0 Å². The Kier molecular flexibility index (Phi) is 2.70. The van der Waals surface area contributed by atoms with Crippen molar-refractivity contribution in [2.75, 3.05) is 5.73 Å². The zero-order valence-electron chi connectivity index (χ0n) is 7.40. The molecule has 2 rings (SSSR count). The molecule has 0 aromatic carbocycles. The highest BCUT2D eigenvalue weighted by atomic mass is 35.5. The molecule has 2 heterocycles. The quantitative estimate of drug-likeness (QED) is 0.852. The van der Waals surface area contributed by atoms with Crippen molar-refractivity contribution in [3.05, 3.63) is 45.2 Å². The second kappa shape index (κ2) is 3.98. The first-order valence-electron chi connectivity index (χ1n) is 4.16. The zero-order valence-corrected chi connectivity index (χ0v) is 8.98. The number of pyridine rings is 1. The number of nitrogen functional groups attached to an aromatic ring is 1. The smallest absolute Gasteiger partial charge is 0.126 e. The summed E-state index contributed by atoms with van der Waals surface area (Å²) in [7, 11) is 0. The van der Waals surface area contributed by atoms with Crippen molar-refractivity contribution >= 4 is 28.8 Å². The van der Waals surface area contributed by atoms with Crippen LogP contribution in [0.2, 0.25) is 5.02 Å². The summed E-state index contributed by atoms with van der Waals surface area (Å²) in [6.07, 6.45) is 2.36. The third-order valence-corrected chi connectivity index (χ3v) is 2.88. The average Bonchev–Trinajstić information content (AvgIpc) is 2.64. The first-order chi connectivity index (χ1) is 6.75. The minimum atomic E-state index is 0.556. The first kappa shape index (κ1) is 9.49. The van der Waals surface area contributed by atoms with Crippen LogP contribution in [0.5, 0.6) is 0 Å². The van der Waals surface area contributed by atoms with E-state index in [2.05, 4.69) is 16.4 Å². The summed E-state index contributed by atoms with van der Waals surface area (Å²) in [4.78, 5) is 4.01. The van der Waals surface area contributed by atoms with Gasteiger partial charge in [-0.15, -0.1) is 0 Å². The fourth-order valence-electron chi connectivity index (χ4n) is 1.25. The molecule has 0 atom stereocenters. The minimum Gasteiger partial charge on any atom is -0.383 e. The molecule has 14 heavy (non-hydrogen) atoms. The van der Waals surface area contributed by atoms with Crippen LogP contribution in [0, 0.1) is 0 Å². The summed E-state index contributed by atoms with van der Waals surface area (Å²) >= 11 is 7.52. The van der Waals surface area contributed by atoms with Crippen molar-refractivity contribution in [1.82, 2.24) is 4.98 Å². The van der Waals surface area contributed by atoms with Gasteiger partial charge in [0.2, 0.25) is 0 Å². The second-order valence-electron chi connectivity index (χ2n) is 3.01. The summed E-state index contributed by atoms with van der Waals surface area (Å²) in [6.45, 7) is 0. The van der Waals surface area contributed by atoms with Crippen LogP contribution in [-0.4, -0.2) is 4.98 Å². The summed E-state index contributed by atoms with van der Waals surface area (Å²) in [5, 5.41) is 4.77. The summed E-state index contributed by atoms with van der Waals surface area (Å²) in [5.74, 6) is 0.556. The normalized spacial score (nSPS) is 10.4. The van der Waals surface area contributed by atoms with Crippen LogP contribution in [0.4, 0.5) is 5.82 Å². The topological polar surface area (TPSA) is 38.9 Å². The third-order valence-electron chi connectivity index (χ3n) is 1.94. The number of nitrogens with zero attached hydrogens (tertiary/aromatic N) is 1. The fourth-order valence-corrected chi connectivity index (χ4v) is 2.10. The van der Waals surface area contributed by atoms with Crippen molar-refractivity contribution in [3.63, 3.8) is 0 Å². The van der Waals surface area contributed by atoms with E-state index in [1.54, 1.807) is 17.5 Å². The maximum atomic E-state index is 5.84. The predicted octanol–water partition coefficient (Wildman–Crippen LogP) is 2.97. The van der Waals surface area contributed by atoms with Gasteiger partial charge in [-0.3, -0.25) is 0 Å².